The molecule has 0 aromatic carbocycles. The van der Waals surface area contributed by atoms with Gasteiger partial charge in [-0.05, 0) is 19.3 Å². The maximum atomic E-state index is 11.9. The highest BCUT2D eigenvalue weighted by molar-refractivity contribution is 6.01. The molecule has 0 spiro atoms. The van der Waals surface area contributed by atoms with Crippen molar-refractivity contribution in [3.63, 3.8) is 0 Å². The molecular formula is C12H16N2O6. The zero-order chi connectivity index (χ0) is 14.9. The van der Waals surface area contributed by atoms with Crippen LogP contribution in [0.4, 0.5) is 0 Å². The molecule has 2 N–H and O–H groups in total. The maximum Gasteiger partial charge on any atom is 0.332 e. The molecule has 110 valence electrons. The molecule has 8 heteroatoms. The predicted molar refractivity (Wildman–Crippen MR) is 64.5 cm³/mol. The first-order valence-electron chi connectivity index (χ1n) is 6.39. The third kappa shape index (κ3) is 2.79. The SMILES string of the molecule is CN1C(=O)CCC(NC(=O)C2CCC(C(=O)O)O2)C1=O. The van der Waals surface area contributed by atoms with Crippen LogP contribution in [0.5, 0.6) is 0 Å². The van der Waals surface area contributed by atoms with Crippen LogP contribution in [-0.2, 0) is 23.9 Å². The Hall–Kier alpha value is -1.96. The number of rotatable bonds is 3. The van der Waals surface area contributed by atoms with Gasteiger partial charge in [-0.2, -0.15) is 0 Å². The molecule has 0 saturated carbocycles. The maximum absolute atomic E-state index is 11.9. The third-order valence-electron chi connectivity index (χ3n) is 3.55. The van der Waals surface area contributed by atoms with Gasteiger partial charge < -0.3 is 15.2 Å². The number of nitrogens with one attached hydrogen (secondary N) is 1. The van der Waals surface area contributed by atoms with Crippen molar-refractivity contribution in [2.45, 2.75) is 43.9 Å². The van der Waals surface area contributed by atoms with Gasteiger partial charge >= 0.3 is 5.97 Å². The van der Waals surface area contributed by atoms with Crippen LogP contribution < -0.4 is 5.32 Å². The number of piperidine rings is 1. The van der Waals surface area contributed by atoms with E-state index in [0.717, 1.165) is 4.90 Å². The number of aliphatic carboxylic acids is 1. The molecule has 2 heterocycles. The van der Waals surface area contributed by atoms with Crippen molar-refractivity contribution in [3.05, 3.63) is 0 Å². The van der Waals surface area contributed by atoms with Crippen LogP contribution in [0, 0.1) is 0 Å². The van der Waals surface area contributed by atoms with E-state index in [4.69, 9.17) is 9.84 Å². The lowest BCUT2D eigenvalue weighted by Crippen LogP contribution is -2.54. The molecule has 20 heavy (non-hydrogen) atoms. The van der Waals surface area contributed by atoms with Crippen molar-refractivity contribution in [2.24, 2.45) is 0 Å². The summed E-state index contributed by atoms with van der Waals surface area (Å²) < 4.78 is 5.11. The fourth-order valence-corrected chi connectivity index (χ4v) is 2.33. The number of nitrogens with zero attached hydrogens (tertiary/aromatic N) is 1. The molecule has 0 aromatic heterocycles. The van der Waals surface area contributed by atoms with Gasteiger partial charge in [0, 0.05) is 13.5 Å². The number of likely N-dealkylation sites (tertiary alicyclic amines) is 1. The summed E-state index contributed by atoms with van der Waals surface area (Å²) in [6, 6.07) is -0.752. The van der Waals surface area contributed by atoms with Gasteiger partial charge in [-0.3, -0.25) is 19.3 Å². The lowest BCUT2D eigenvalue weighted by Gasteiger charge is -2.28. The molecule has 2 aliphatic heterocycles. The Labute approximate surface area is 115 Å². The molecule has 0 aliphatic carbocycles. The smallest absolute Gasteiger partial charge is 0.332 e. The van der Waals surface area contributed by atoms with Gasteiger partial charge in [-0.1, -0.05) is 0 Å². The second-order valence-electron chi connectivity index (χ2n) is 4.92. The molecule has 0 aromatic rings. The third-order valence-corrected chi connectivity index (χ3v) is 3.55. The highest BCUT2D eigenvalue weighted by atomic mass is 16.5. The van der Waals surface area contributed by atoms with E-state index < -0.39 is 36.0 Å². The highest BCUT2D eigenvalue weighted by Gasteiger charge is 2.38. The number of amides is 3. The van der Waals surface area contributed by atoms with Crippen molar-refractivity contribution in [1.82, 2.24) is 10.2 Å². The van der Waals surface area contributed by atoms with Crippen molar-refractivity contribution in [1.29, 1.82) is 0 Å². The fraction of sp³-hybridized carbons (Fsp3) is 0.667. The Morgan fingerprint density at radius 1 is 1.25 bits per heavy atom. The van der Waals surface area contributed by atoms with Gasteiger partial charge in [-0.15, -0.1) is 0 Å². The minimum Gasteiger partial charge on any atom is -0.479 e. The molecule has 2 aliphatic rings. The van der Waals surface area contributed by atoms with Crippen molar-refractivity contribution in [2.75, 3.05) is 7.05 Å². The zero-order valence-electron chi connectivity index (χ0n) is 11.0. The van der Waals surface area contributed by atoms with Gasteiger partial charge in [0.25, 0.3) is 5.91 Å². The first kappa shape index (κ1) is 14.4. The fourth-order valence-electron chi connectivity index (χ4n) is 2.33. The Morgan fingerprint density at radius 3 is 2.50 bits per heavy atom. The molecule has 0 radical (unpaired) electrons. The van der Waals surface area contributed by atoms with Crippen LogP contribution in [0.2, 0.25) is 0 Å². The summed E-state index contributed by atoms with van der Waals surface area (Å²) in [4.78, 5) is 46.8. The predicted octanol–water partition coefficient (Wildman–Crippen LogP) is -1.12. The molecule has 3 atom stereocenters. The van der Waals surface area contributed by atoms with E-state index >= 15 is 0 Å². The second-order valence-corrected chi connectivity index (χ2v) is 4.92. The topological polar surface area (TPSA) is 113 Å². The average molecular weight is 284 g/mol. The molecule has 3 amide bonds. The molecule has 2 rings (SSSR count). The van der Waals surface area contributed by atoms with E-state index in [-0.39, 0.29) is 25.2 Å². The van der Waals surface area contributed by atoms with Crippen LogP contribution in [-0.4, -0.2) is 59.0 Å². The number of carbonyl (C=O) groups excluding carboxylic acids is 3. The van der Waals surface area contributed by atoms with E-state index in [1.54, 1.807) is 0 Å². The van der Waals surface area contributed by atoms with Crippen LogP contribution in [0.1, 0.15) is 25.7 Å². The molecular weight excluding hydrogens is 268 g/mol. The minimum absolute atomic E-state index is 0.191. The van der Waals surface area contributed by atoms with E-state index in [0.29, 0.717) is 6.42 Å². The Morgan fingerprint density at radius 2 is 1.90 bits per heavy atom. The van der Waals surface area contributed by atoms with Crippen LogP contribution in [0.3, 0.4) is 0 Å². The van der Waals surface area contributed by atoms with E-state index in [1.165, 1.54) is 7.05 Å². The quantitative estimate of drug-likeness (QED) is 0.635. The first-order valence-corrected chi connectivity index (χ1v) is 6.39. The van der Waals surface area contributed by atoms with Crippen LogP contribution >= 0.6 is 0 Å². The number of hydrogen-bond donors (Lipinski definition) is 2. The summed E-state index contributed by atoms with van der Waals surface area (Å²) >= 11 is 0. The van der Waals surface area contributed by atoms with Gasteiger partial charge in [0.2, 0.25) is 11.8 Å². The summed E-state index contributed by atoms with van der Waals surface area (Å²) in [7, 11) is 1.37. The number of hydrogen-bond acceptors (Lipinski definition) is 5. The highest BCUT2D eigenvalue weighted by Crippen LogP contribution is 2.21. The van der Waals surface area contributed by atoms with Crippen molar-refractivity contribution < 1.29 is 29.0 Å². The standard InChI is InChI=1S/C12H16N2O6/c1-14-9(15)5-2-6(11(14)17)13-10(16)7-3-4-8(20-7)12(18)19/h6-8H,2-5H2,1H3,(H,13,16)(H,18,19). The van der Waals surface area contributed by atoms with Crippen molar-refractivity contribution in [3.8, 4) is 0 Å². The summed E-state index contributed by atoms with van der Waals surface area (Å²) in [5, 5.41) is 11.3. The zero-order valence-corrected chi connectivity index (χ0v) is 11.0. The Balaban J connectivity index is 1.91. The summed E-state index contributed by atoms with van der Waals surface area (Å²) in [5.41, 5.74) is 0. The van der Waals surface area contributed by atoms with Crippen LogP contribution in [0.15, 0.2) is 0 Å². The van der Waals surface area contributed by atoms with Crippen molar-refractivity contribution >= 4 is 23.7 Å². The molecule has 8 nitrogen and oxygen atoms in total. The van der Waals surface area contributed by atoms with Gasteiger partial charge in [0.05, 0.1) is 0 Å². The number of likely N-dealkylation sites (N-methyl/N-ethyl adjacent to an activating group) is 1. The number of carbonyl (C=O) groups is 4. The van der Waals surface area contributed by atoms with E-state index in [9.17, 15) is 19.2 Å². The monoisotopic (exact) mass is 284 g/mol. The largest absolute Gasteiger partial charge is 0.479 e. The van der Waals surface area contributed by atoms with Gasteiger partial charge in [0.15, 0.2) is 6.10 Å². The minimum atomic E-state index is -1.10. The number of ether oxygens (including phenoxy) is 1. The van der Waals surface area contributed by atoms with E-state index in [1.807, 2.05) is 0 Å². The summed E-state index contributed by atoms with van der Waals surface area (Å²) in [6.07, 6.45) is -0.814. The molecule has 2 fully saturated rings. The lowest BCUT2D eigenvalue weighted by molar-refractivity contribution is -0.154. The molecule has 3 unspecified atom stereocenters. The summed E-state index contributed by atoms with van der Waals surface area (Å²) in [6.45, 7) is 0. The second kappa shape index (κ2) is 5.58. The van der Waals surface area contributed by atoms with E-state index in [2.05, 4.69) is 5.32 Å². The number of carboxylic acid groups (broad SMARTS) is 1. The van der Waals surface area contributed by atoms with Crippen LogP contribution in [0.25, 0.3) is 0 Å². The van der Waals surface area contributed by atoms with Gasteiger partial charge in [0.1, 0.15) is 12.1 Å². The molecule has 0 bridgehead atoms. The Kier molecular flexibility index (Phi) is 4.03. The lowest BCUT2D eigenvalue weighted by atomic mass is 10.0. The average Bonchev–Trinajstić information content (AvgIpc) is 2.89. The number of imide groups is 1. The first-order chi connectivity index (χ1) is 9.40. The summed E-state index contributed by atoms with van der Waals surface area (Å²) in [5.74, 6) is -2.33. The number of carboxylic acids is 1. The molecule has 2 saturated heterocycles. The van der Waals surface area contributed by atoms with Gasteiger partial charge in [-0.25, -0.2) is 4.79 Å². The normalized spacial score (nSPS) is 30.4. The Bertz CT molecular complexity index is 463.